The number of guanidine groups is 1. The van der Waals surface area contributed by atoms with Crippen molar-refractivity contribution in [2.24, 2.45) is 4.99 Å². The van der Waals surface area contributed by atoms with Crippen molar-refractivity contribution in [3.63, 3.8) is 0 Å². The first kappa shape index (κ1) is 27.6. The predicted octanol–water partition coefficient (Wildman–Crippen LogP) is 4.49. The minimum absolute atomic E-state index is 0.00940. The van der Waals surface area contributed by atoms with Crippen LogP contribution in [-0.4, -0.2) is 24.2 Å². The van der Waals surface area contributed by atoms with Gasteiger partial charge in [-0.1, -0.05) is 42.5 Å². The molecule has 1 aliphatic rings. The molecule has 0 aliphatic carbocycles. The van der Waals surface area contributed by atoms with E-state index in [4.69, 9.17) is 30.9 Å². The maximum Gasteiger partial charge on any atom is 0.211 e. The molecule has 1 atom stereocenters. The molecule has 0 spiro atoms. The van der Waals surface area contributed by atoms with Crippen molar-refractivity contribution in [1.82, 2.24) is 10.3 Å². The number of rotatable bonds is 10. The first-order valence-corrected chi connectivity index (χ1v) is 13.2. The van der Waals surface area contributed by atoms with Gasteiger partial charge in [0.25, 0.3) is 0 Å². The van der Waals surface area contributed by atoms with Crippen LogP contribution in [0.25, 0.3) is 0 Å². The van der Waals surface area contributed by atoms with E-state index < -0.39 is 6.04 Å². The largest absolute Gasteiger partial charge is 0.493 e. The number of pyridine rings is 1. The lowest BCUT2D eigenvalue weighted by molar-refractivity contribution is 0.247. The van der Waals surface area contributed by atoms with Gasteiger partial charge in [0, 0.05) is 12.0 Å². The maximum absolute atomic E-state index is 9.53. The maximum atomic E-state index is 9.53. The van der Waals surface area contributed by atoms with Crippen LogP contribution < -0.4 is 36.3 Å². The summed E-state index contributed by atoms with van der Waals surface area (Å²) >= 11 is 0. The lowest BCUT2D eigenvalue weighted by Crippen LogP contribution is -2.32. The molecule has 0 bridgehead atoms. The molecule has 11 nitrogen and oxygen atoms in total. The molecule has 42 heavy (non-hydrogen) atoms. The number of hydrogen-bond donors (Lipinski definition) is 4. The average Bonchev–Trinajstić information content (AvgIpc) is 3.01. The van der Waals surface area contributed by atoms with Crippen molar-refractivity contribution >= 4 is 23.3 Å². The van der Waals surface area contributed by atoms with Gasteiger partial charge in [-0.25, -0.2) is 9.98 Å². The number of nitrogen functional groups attached to an aromatic ring is 2. The third-order valence-corrected chi connectivity index (χ3v) is 6.43. The van der Waals surface area contributed by atoms with Crippen LogP contribution in [0.5, 0.6) is 17.2 Å². The van der Waals surface area contributed by atoms with Gasteiger partial charge in [0.05, 0.1) is 18.9 Å². The molecule has 0 amide bonds. The number of aliphatic imine (C=N–C) groups is 1. The van der Waals surface area contributed by atoms with E-state index >= 15 is 0 Å². The van der Waals surface area contributed by atoms with E-state index in [-0.39, 0.29) is 23.0 Å². The number of ether oxygens (including phenoxy) is 3. The quantitative estimate of drug-likeness (QED) is 0.123. The van der Waals surface area contributed by atoms with Crippen molar-refractivity contribution in [1.29, 1.82) is 10.5 Å². The Balaban J connectivity index is 1.17. The summed E-state index contributed by atoms with van der Waals surface area (Å²) in [5, 5.41) is 24.0. The van der Waals surface area contributed by atoms with Gasteiger partial charge < -0.3 is 31.0 Å². The first-order valence-electron chi connectivity index (χ1n) is 13.2. The number of nitriles is 2. The van der Waals surface area contributed by atoms with E-state index in [2.05, 4.69) is 20.6 Å². The molecule has 0 radical (unpaired) electrons. The predicted molar refractivity (Wildman–Crippen MR) is 159 cm³/mol. The normalized spacial score (nSPS) is 13.4. The second-order valence-electron chi connectivity index (χ2n) is 9.27. The van der Waals surface area contributed by atoms with Gasteiger partial charge in [0.2, 0.25) is 5.96 Å². The summed E-state index contributed by atoms with van der Waals surface area (Å²) in [4.78, 5) is 8.86. The summed E-state index contributed by atoms with van der Waals surface area (Å²) < 4.78 is 17.6. The van der Waals surface area contributed by atoms with E-state index in [1.807, 2.05) is 91.1 Å². The summed E-state index contributed by atoms with van der Waals surface area (Å²) in [5.41, 5.74) is 14.8. The molecular formula is C31H28N8O3. The Labute approximate surface area is 243 Å². The number of nitrogens with two attached hydrogens (primary N) is 2. The van der Waals surface area contributed by atoms with Gasteiger partial charge in [0.1, 0.15) is 53.2 Å². The van der Waals surface area contributed by atoms with Crippen LogP contribution in [0.2, 0.25) is 0 Å². The van der Waals surface area contributed by atoms with Crippen molar-refractivity contribution in [3.8, 4) is 29.5 Å². The zero-order valence-electron chi connectivity index (χ0n) is 22.6. The Morgan fingerprint density at radius 1 is 0.857 bits per heavy atom. The highest BCUT2D eigenvalue weighted by atomic mass is 16.5. The van der Waals surface area contributed by atoms with Crippen molar-refractivity contribution < 1.29 is 14.2 Å². The summed E-state index contributed by atoms with van der Waals surface area (Å²) in [6.07, 6.45) is 2.50. The SMILES string of the molecule is N#CNC1=NC(c2cccc(OCCCOc3ccc(OCc4ccccc4)cc3)c2)c2c(nc(N)c(C#N)c2N)N1. The van der Waals surface area contributed by atoms with Crippen LogP contribution in [0.1, 0.15) is 34.7 Å². The lowest BCUT2D eigenvalue weighted by Gasteiger charge is -2.26. The smallest absolute Gasteiger partial charge is 0.211 e. The standard InChI is InChI=1S/C31H28N8O3/c32-17-25-27(34)26-28(37-31(36-19-33)39-30(26)38-29(25)35)21-8-4-9-24(16-21)41-15-5-14-40-22-10-12-23(13-11-22)42-18-20-6-2-1-3-7-20/h1-4,6-13,16,28H,5,14-15,18H2,(H6,34,35,36,37,38,39). The number of nitrogens with one attached hydrogen (secondary N) is 2. The van der Waals surface area contributed by atoms with Crippen LogP contribution in [0, 0.1) is 22.8 Å². The van der Waals surface area contributed by atoms with E-state index in [0.717, 1.165) is 22.6 Å². The highest BCUT2D eigenvalue weighted by Gasteiger charge is 2.29. The molecular weight excluding hydrogens is 532 g/mol. The van der Waals surface area contributed by atoms with Gasteiger partial charge in [-0.05, 0) is 47.5 Å². The number of benzene rings is 3. The molecule has 2 heterocycles. The second-order valence-corrected chi connectivity index (χ2v) is 9.27. The fraction of sp³-hybridized carbons (Fsp3) is 0.161. The molecule has 0 saturated carbocycles. The van der Waals surface area contributed by atoms with Gasteiger partial charge in [0.15, 0.2) is 6.19 Å². The Morgan fingerprint density at radius 2 is 1.57 bits per heavy atom. The molecule has 1 unspecified atom stereocenters. The number of nitrogens with zero attached hydrogens (tertiary/aromatic N) is 4. The molecule has 6 N–H and O–H groups in total. The molecule has 11 heteroatoms. The minimum atomic E-state index is -0.649. The Morgan fingerprint density at radius 3 is 2.29 bits per heavy atom. The molecule has 5 rings (SSSR count). The molecule has 210 valence electrons. The first-order chi connectivity index (χ1) is 20.6. The molecule has 1 aromatic heterocycles. The van der Waals surface area contributed by atoms with Crippen LogP contribution in [-0.2, 0) is 6.61 Å². The topological polar surface area (TPSA) is 177 Å². The summed E-state index contributed by atoms with van der Waals surface area (Å²) in [5.74, 6) is 2.64. The van der Waals surface area contributed by atoms with Gasteiger partial charge in [-0.15, -0.1) is 0 Å². The Bertz CT molecular complexity index is 1660. The fourth-order valence-corrected chi connectivity index (χ4v) is 4.41. The van der Waals surface area contributed by atoms with Crippen molar-refractivity contribution in [2.45, 2.75) is 19.1 Å². The van der Waals surface area contributed by atoms with Gasteiger partial charge in [-0.2, -0.15) is 10.5 Å². The highest BCUT2D eigenvalue weighted by molar-refractivity contribution is 5.98. The molecule has 0 fully saturated rings. The molecule has 0 saturated heterocycles. The fourth-order valence-electron chi connectivity index (χ4n) is 4.41. The third kappa shape index (κ3) is 6.43. The summed E-state index contributed by atoms with van der Waals surface area (Å²) in [6.45, 7) is 1.40. The zero-order valence-corrected chi connectivity index (χ0v) is 22.6. The Kier molecular flexibility index (Phi) is 8.51. The zero-order chi connectivity index (χ0) is 29.3. The van der Waals surface area contributed by atoms with Crippen molar-refractivity contribution in [2.75, 3.05) is 30.0 Å². The highest BCUT2D eigenvalue weighted by Crippen LogP contribution is 2.41. The minimum Gasteiger partial charge on any atom is -0.493 e. The van der Waals surface area contributed by atoms with E-state index in [9.17, 15) is 5.26 Å². The summed E-state index contributed by atoms with van der Waals surface area (Å²) in [6, 6.07) is 26.2. The van der Waals surface area contributed by atoms with Crippen LogP contribution in [0.15, 0.2) is 83.9 Å². The van der Waals surface area contributed by atoms with Gasteiger partial charge in [-0.3, -0.25) is 5.32 Å². The van der Waals surface area contributed by atoms with Crippen molar-refractivity contribution in [3.05, 3.63) is 101 Å². The third-order valence-electron chi connectivity index (χ3n) is 6.43. The number of fused-ring (bicyclic) bond motifs is 1. The monoisotopic (exact) mass is 560 g/mol. The van der Waals surface area contributed by atoms with Gasteiger partial charge >= 0.3 is 0 Å². The number of aromatic nitrogens is 1. The molecule has 4 aromatic rings. The van der Waals surface area contributed by atoms with Crippen LogP contribution in [0.3, 0.4) is 0 Å². The summed E-state index contributed by atoms with van der Waals surface area (Å²) in [7, 11) is 0. The number of anilines is 3. The van der Waals surface area contributed by atoms with E-state index in [0.29, 0.717) is 43.4 Å². The molecule has 1 aliphatic heterocycles. The lowest BCUT2D eigenvalue weighted by atomic mass is 9.95. The van der Waals surface area contributed by atoms with Crippen LogP contribution in [0.4, 0.5) is 17.3 Å². The van der Waals surface area contributed by atoms with E-state index in [1.54, 1.807) is 0 Å². The van der Waals surface area contributed by atoms with E-state index in [1.165, 1.54) is 0 Å². The van der Waals surface area contributed by atoms with Crippen LogP contribution >= 0.6 is 0 Å². The Hall–Kier alpha value is -5.94. The average molecular weight is 561 g/mol. The second kappa shape index (κ2) is 12.9. The molecule has 3 aromatic carbocycles. The number of hydrogen-bond acceptors (Lipinski definition) is 11.